The van der Waals surface area contributed by atoms with Crippen molar-refractivity contribution >= 4 is 17.8 Å². The molecule has 1 aliphatic rings. The number of hydrogen-bond donors (Lipinski definition) is 0. The molecule has 1 fully saturated rings. The average molecular weight is 198 g/mol. The first-order chi connectivity index (χ1) is 6.21. The molecule has 13 heavy (non-hydrogen) atoms. The van der Waals surface area contributed by atoms with E-state index in [0.717, 1.165) is 5.03 Å². The maximum atomic E-state index is 6.19. The molecule has 0 aliphatic heterocycles. The Hall–Kier alpha value is -0.830. The van der Waals surface area contributed by atoms with Crippen molar-refractivity contribution in [1.29, 1.82) is 0 Å². The third-order valence-electron chi connectivity index (χ3n) is 2.72. The van der Waals surface area contributed by atoms with Crippen molar-refractivity contribution in [1.82, 2.24) is 14.8 Å². The zero-order valence-corrected chi connectivity index (χ0v) is 8.33. The Bertz CT molecular complexity index is 312. The summed E-state index contributed by atoms with van der Waals surface area (Å²) in [4.78, 5) is 3.85. The smallest absolute Gasteiger partial charge is 0.138 e. The Labute approximate surface area is 82.4 Å². The molecule has 4 heteroatoms. The van der Waals surface area contributed by atoms with Crippen LogP contribution in [0.15, 0.2) is 17.7 Å². The first-order valence-electron chi connectivity index (χ1n) is 4.43. The van der Waals surface area contributed by atoms with Crippen molar-refractivity contribution < 1.29 is 0 Å². The minimum atomic E-state index is 0.188. The topological polar surface area (TPSA) is 30.7 Å². The van der Waals surface area contributed by atoms with Crippen molar-refractivity contribution in [3.63, 3.8) is 0 Å². The lowest BCUT2D eigenvalue weighted by Gasteiger charge is -2.37. The van der Waals surface area contributed by atoms with E-state index in [0.29, 0.717) is 0 Å². The average Bonchev–Trinajstić information content (AvgIpc) is 2.52. The fourth-order valence-electron chi connectivity index (χ4n) is 1.50. The molecule has 1 aromatic heterocycles. The monoisotopic (exact) mass is 197 g/mol. The van der Waals surface area contributed by atoms with Crippen molar-refractivity contribution in [2.24, 2.45) is 5.41 Å². The van der Waals surface area contributed by atoms with E-state index in [9.17, 15) is 0 Å². The molecule has 3 nitrogen and oxygen atoms in total. The summed E-state index contributed by atoms with van der Waals surface area (Å²) in [6.45, 7) is 2.19. The van der Waals surface area contributed by atoms with Gasteiger partial charge in [-0.3, -0.25) is 0 Å². The van der Waals surface area contributed by atoms with Crippen LogP contribution in [0.2, 0.25) is 0 Å². The Morgan fingerprint density at radius 2 is 2.38 bits per heavy atom. The van der Waals surface area contributed by atoms with E-state index in [1.165, 1.54) is 25.6 Å². The van der Waals surface area contributed by atoms with Gasteiger partial charge < -0.3 is 0 Å². The first kappa shape index (κ1) is 8.75. The highest BCUT2D eigenvalue weighted by Gasteiger charge is 2.34. The van der Waals surface area contributed by atoms with Crippen LogP contribution in [-0.4, -0.2) is 14.8 Å². The quantitative estimate of drug-likeness (QED) is 0.730. The van der Waals surface area contributed by atoms with E-state index in [2.05, 4.69) is 17.0 Å². The van der Waals surface area contributed by atoms with Gasteiger partial charge in [-0.15, -0.1) is 0 Å². The second kappa shape index (κ2) is 3.14. The standard InChI is InChI=1S/C9H12ClN3/c1-9(3-2-4-9)8(10)5-13-7-11-6-12-13/h5-7H,2-4H2,1H3/b8-5-. The lowest BCUT2D eigenvalue weighted by atomic mass is 9.70. The number of nitrogens with zero attached hydrogens (tertiary/aromatic N) is 3. The predicted octanol–water partition coefficient (Wildman–Crippen LogP) is 2.51. The molecule has 0 radical (unpaired) electrons. The summed E-state index contributed by atoms with van der Waals surface area (Å²) in [5, 5.41) is 4.85. The number of allylic oxidation sites excluding steroid dienone is 1. The molecule has 2 rings (SSSR count). The van der Waals surface area contributed by atoms with Crippen LogP contribution < -0.4 is 0 Å². The summed E-state index contributed by atoms with van der Waals surface area (Å²) in [7, 11) is 0. The maximum Gasteiger partial charge on any atom is 0.138 e. The van der Waals surface area contributed by atoms with Crippen molar-refractivity contribution in [3.05, 3.63) is 17.7 Å². The zero-order valence-electron chi connectivity index (χ0n) is 7.57. The lowest BCUT2D eigenvalue weighted by molar-refractivity contribution is 0.227. The van der Waals surface area contributed by atoms with E-state index < -0.39 is 0 Å². The predicted molar refractivity (Wildman–Crippen MR) is 52.1 cm³/mol. The highest BCUT2D eigenvalue weighted by atomic mass is 35.5. The Morgan fingerprint density at radius 3 is 2.85 bits per heavy atom. The molecular weight excluding hydrogens is 186 g/mol. The van der Waals surface area contributed by atoms with Gasteiger partial charge in [-0.2, -0.15) is 5.10 Å². The molecule has 0 saturated heterocycles. The number of rotatable bonds is 2. The fraction of sp³-hybridized carbons (Fsp3) is 0.556. The summed E-state index contributed by atoms with van der Waals surface area (Å²) in [5.41, 5.74) is 0.188. The van der Waals surface area contributed by atoms with Crippen LogP contribution >= 0.6 is 11.6 Å². The molecule has 70 valence electrons. The van der Waals surface area contributed by atoms with Gasteiger partial charge in [0.05, 0.1) is 0 Å². The normalized spacial score (nSPS) is 21.2. The highest BCUT2D eigenvalue weighted by Crippen LogP contribution is 2.48. The summed E-state index contributed by atoms with van der Waals surface area (Å²) >= 11 is 6.19. The van der Waals surface area contributed by atoms with Crippen LogP contribution in [0.1, 0.15) is 26.2 Å². The minimum absolute atomic E-state index is 0.188. The summed E-state index contributed by atoms with van der Waals surface area (Å²) in [5.74, 6) is 0. The second-order valence-corrected chi connectivity index (χ2v) is 4.17. The largest absolute Gasteiger partial charge is 0.227 e. The molecule has 0 amide bonds. The van der Waals surface area contributed by atoms with Crippen LogP contribution in [0.5, 0.6) is 0 Å². The van der Waals surface area contributed by atoms with Gasteiger partial charge in [0.1, 0.15) is 12.7 Å². The first-order valence-corrected chi connectivity index (χ1v) is 4.80. The molecule has 0 bridgehead atoms. The van der Waals surface area contributed by atoms with Crippen LogP contribution in [0.25, 0.3) is 6.20 Å². The SMILES string of the molecule is CC1(/C(Cl)=C/n2cncn2)CCC1. The van der Waals surface area contributed by atoms with Crippen molar-refractivity contribution in [2.45, 2.75) is 26.2 Å². The van der Waals surface area contributed by atoms with E-state index >= 15 is 0 Å². The van der Waals surface area contributed by atoms with E-state index in [-0.39, 0.29) is 5.41 Å². The molecule has 0 atom stereocenters. The van der Waals surface area contributed by atoms with Crippen LogP contribution in [0.3, 0.4) is 0 Å². The third-order valence-corrected chi connectivity index (χ3v) is 3.27. The van der Waals surface area contributed by atoms with E-state index in [1.54, 1.807) is 11.0 Å². The summed E-state index contributed by atoms with van der Waals surface area (Å²) in [6.07, 6.45) is 8.62. The molecule has 1 saturated carbocycles. The van der Waals surface area contributed by atoms with Crippen LogP contribution in [0, 0.1) is 5.41 Å². The number of hydrogen-bond acceptors (Lipinski definition) is 2. The number of aromatic nitrogens is 3. The van der Waals surface area contributed by atoms with Gasteiger partial charge in [0, 0.05) is 16.6 Å². The van der Waals surface area contributed by atoms with Gasteiger partial charge in [0.25, 0.3) is 0 Å². The molecule has 0 N–H and O–H groups in total. The Morgan fingerprint density at radius 1 is 1.62 bits per heavy atom. The van der Waals surface area contributed by atoms with Crippen molar-refractivity contribution in [2.75, 3.05) is 0 Å². The summed E-state index contributed by atoms with van der Waals surface area (Å²) in [6, 6.07) is 0. The Balaban J connectivity index is 2.16. The zero-order chi connectivity index (χ0) is 9.31. The molecular formula is C9H12ClN3. The Kier molecular flexibility index (Phi) is 2.12. The maximum absolute atomic E-state index is 6.19. The van der Waals surface area contributed by atoms with Gasteiger partial charge in [-0.05, 0) is 12.8 Å². The van der Waals surface area contributed by atoms with Gasteiger partial charge in [0.2, 0.25) is 0 Å². The van der Waals surface area contributed by atoms with Crippen molar-refractivity contribution in [3.8, 4) is 0 Å². The number of halogens is 1. The van der Waals surface area contributed by atoms with Gasteiger partial charge in [-0.1, -0.05) is 24.9 Å². The van der Waals surface area contributed by atoms with Gasteiger partial charge in [-0.25, -0.2) is 9.67 Å². The van der Waals surface area contributed by atoms with Gasteiger partial charge in [0.15, 0.2) is 0 Å². The van der Waals surface area contributed by atoms with Crippen LogP contribution in [-0.2, 0) is 0 Å². The second-order valence-electron chi connectivity index (χ2n) is 3.77. The molecule has 0 aromatic carbocycles. The van der Waals surface area contributed by atoms with Crippen LogP contribution in [0.4, 0.5) is 0 Å². The molecule has 0 unspecified atom stereocenters. The molecule has 1 aromatic rings. The molecule has 0 spiro atoms. The third kappa shape index (κ3) is 1.61. The minimum Gasteiger partial charge on any atom is -0.227 e. The summed E-state index contributed by atoms with van der Waals surface area (Å²) < 4.78 is 1.64. The van der Waals surface area contributed by atoms with Gasteiger partial charge >= 0.3 is 0 Å². The highest BCUT2D eigenvalue weighted by molar-refractivity contribution is 6.31. The van der Waals surface area contributed by atoms with E-state index in [1.807, 2.05) is 6.20 Å². The lowest BCUT2D eigenvalue weighted by Crippen LogP contribution is -2.25. The van der Waals surface area contributed by atoms with E-state index in [4.69, 9.17) is 11.6 Å². The molecule has 1 aliphatic carbocycles. The fourth-order valence-corrected chi connectivity index (χ4v) is 1.79. The molecule has 1 heterocycles.